The van der Waals surface area contributed by atoms with Crippen LogP contribution in [0.25, 0.3) is 0 Å². The van der Waals surface area contributed by atoms with Gasteiger partial charge in [0.05, 0.1) is 6.04 Å². The fraction of sp³-hybridized carbons (Fsp3) is 0.533. The third-order valence-corrected chi connectivity index (χ3v) is 5.77. The summed E-state index contributed by atoms with van der Waals surface area (Å²) in [6.45, 7) is 1.79. The zero-order chi connectivity index (χ0) is 15.6. The summed E-state index contributed by atoms with van der Waals surface area (Å²) in [4.78, 5) is 14.1. The number of carbonyl (C=O) groups is 1. The molecule has 6 nitrogen and oxygen atoms in total. The van der Waals surface area contributed by atoms with E-state index in [-0.39, 0.29) is 18.9 Å². The summed E-state index contributed by atoms with van der Waals surface area (Å²) in [5, 5.41) is 2.33. The molecule has 2 aliphatic rings. The smallest absolute Gasteiger partial charge is 0.313 e. The van der Waals surface area contributed by atoms with Crippen molar-refractivity contribution in [2.24, 2.45) is 0 Å². The molecule has 2 saturated heterocycles. The lowest BCUT2D eigenvalue weighted by molar-refractivity contribution is -0.131. The van der Waals surface area contributed by atoms with E-state index in [9.17, 15) is 13.2 Å². The Kier molecular flexibility index (Phi) is 4.35. The van der Waals surface area contributed by atoms with Crippen molar-refractivity contribution in [1.29, 1.82) is 0 Å². The molecule has 2 aliphatic heterocycles. The maximum atomic E-state index is 12.3. The molecule has 1 amide bonds. The standard InChI is InChI=1S/C15H20N2O4S/c18-15(17-8-4-5-9-17)14-10-13(11-16-14)22(19,20)21-12-6-2-1-3-7-12/h1-3,6-7,13-14,16H,4-5,8-11H2. The van der Waals surface area contributed by atoms with Crippen LogP contribution in [0.5, 0.6) is 5.75 Å². The second kappa shape index (κ2) is 6.26. The number of rotatable bonds is 4. The van der Waals surface area contributed by atoms with Crippen molar-refractivity contribution >= 4 is 16.0 Å². The minimum Gasteiger partial charge on any atom is -0.382 e. The second-order valence-electron chi connectivity index (χ2n) is 5.74. The van der Waals surface area contributed by atoms with Crippen molar-refractivity contribution in [3.05, 3.63) is 30.3 Å². The Morgan fingerprint density at radius 3 is 2.55 bits per heavy atom. The maximum Gasteiger partial charge on any atom is 0.313 e. The Morgan fingerprint density at radius 1 is 1.18 bits per heavy atom. The van der Waals surface area contributed by atoms with Gasteiger partial charge in [-0.2, -0.15) is 8.42 Å². The van der Waals surface area contributed by atoms with Crippen molar-refractivity contribution < 1.29 is 17.4 Å². The van der Waals surface area contributed by atoms with Crippen molar-refractivity contribution in [1.82, 2.24) is 10.2 Å². The average molecular weight is 324 g/mol. The van der Waals surface area contributed by atoms with E-state index in [1.165, 1.54) is 0 Å². The molecule has 0 aromatic heterocycles. The molecule has 3 rings (SSSR count). The number of benzene rings is 1. The summed E-state index contributed by atoms with van der Waals surface area (Å²) in [6.07, 6.45) is 2.32. The third kappa shape index (κ3) is 3.25. The molecule has 1 aromatic carbocycles. The van der Waals surface area contributed by atoms with Gasteiger partial charge in [-0.05, 0) is 31.4 Å². The van der Waals surface area contributed by atoms with Crippen LogP contribution in [0.2, 0.25) is 0 Å². The Bertz CT molecular complexity index is 626. The molecule has 0 spiro atoms. The van der Waals surface area contributed by atoms with Gasteiger partial charge in [0.25, 0.3) is 0 Å². The van der Waals surface area contributed by atoms with Crippen LogP contribution in [0.3, 0.4) is 0 Å². The zero-order valence-corrected chi connectivity index (χ0v) is 13.1. The van der Waals surface area contributed by atoms with E-state index < -0.39 is 21.4 Å². The van der Waals surface area contributed by atoms with Crippen LogP contribution in [-0.4, -0.2) is 50.2 Å². The van der Waals surface area contributed by atoms with Crippen LogP contribution in [0.15, 0.2) is 30.3 Å². The Labute approximate surface area is 130 Å². The van der Waals surface area contributed by atoms with Gasteiger partial charge < -0.3 is 14.4 Å². The molecule has 22 heavy (non-hydrogen) atoms. The molecule has 0 bridgehead atoms. The maximum absolute atomic E-state index is 12.3. The number of likely N-dealkylation sites (tertiary alicyclic amines) is 1. The summed E-state index contributed by atoms with van der Waals surface area (Å²) in [6, 6.07) is 8.02. The first kappa shape index (κ1) is 15.3. The molecule has 0 radical (unpaired) electrons. The molecule has 2 fully saturated rings. The molecule has 0 aliphatic carbocycles. The topological polar surface area (TPSA) is 75.7 Å². The van der Waals surface area contributed by atoms with E-state index in [1.807, 2.05) is 4.90 Å². The molecule has 120 valence electrons. The van der Waals surface area contributed by atoms with Gasteiger partial charge in [0, 0.05) is 19.6 Å². The van der Waals surface area contributed by atoms with Crippen molar-refractivity contribution in [2.45, 2.75) is 30.6 Å². The minimum absolute atomic E-state index is 0.00918. The highest BCUT2D eigenvalue weighted by atomic mass is 32.2. The highest BCUT2D eigenvalue weighted by Gasteiger charge is 2.40. The predicted molar refractivity (Wildman–Crippen MR) is 82.0 cm³/mol. The summed E-state index contributed by atoms with van der Waals surface area (Å²) >= 11 is 0. The second-order valence-corrected chi connectivity index (χ2v) is 7.56. The van der Waals surface area contributed by atoms with Crippen molar-refractivity contribution in [3.63, 3.8) is 0 Å². The van der Waals surface area contributed by atoms with E-state index in [0.29, 0.717) is 5.75 Å². The van der Waals surface area contributed by atoms with E-state index in [4.69, 9.17) is 4.18 Å². The number of hydrogen-bond acceptors (Lipinski definition) is 5. The Balaban J connectivity index is 1.62. The van der Waals surface area contributed by atoms with Gasteiger partial charge in [0.15, 0.2) is 0 Å². The lowest BCUT2D eigenvalue weighted by Crippen LogP contribution is -2.42. The van der Waals surface area contributed by atoms with Gasteiger partial charge in [-0.25, -0.2) is 0 Å². The first-order chi connectivity index (χ1) is 10.6. The minimum atomic E-state index is -3.74. The predicted octanol–water partition coefficient (Wildman–Crippen LogP) is 0.748. The van der Waals surface area contributed by atoms with Gasteiger partial charge in [-0.15, -0.1) is 0 Å². The summed E-state index contributed by atoms with van der Waals surface area (Å²) in [5.41, 5.74) is 0. The number of hydrogen-bond donors (Lipinski definition) is 1. The van der Waals surface area contributed by atoms with Gasteiger partial charge in [0.1, 0.15) is 11.0 Å². The molecule has 7 heteroatoms. The number of carbonyl (C=O) groups excluding carboxylic acids is 1. The Hall–Kier alpha value is -1.60. The first-order valence-electron chi connectivity index (χ1n) is 7.57. The lowest BCUT2D eigenvalue weighted by Gasteiger charge is -2.19. The van der Waals surface area contributed by atoms with Crippen molar-refractivity contribution in [3.8, 4) is 5.75 Å². The van der Waals surface area contributed by atoms with E-state index >= 15 is 0 Å². The zero-order valence-electron chi connectivity index (χ0n) is 12.3. The lowest BCUT2D eigenvalue weighted by atomic mass is 10.2. The number of amides is 1. The molecule has 1 aromatic rings. The fourth-order valence-corrected chi connectivity index (χ4v) is 4.19. The third-order valence-electron chi connectivity index (χ3n) is 4.17. The summed E-state index contributed by atoms with van der Waals surface area (Å²) < 4.78 is 29.8. The van der Waals surface area contributed by atoms with Gasteiger partial charge >= 0.3 is 10.1 Å². The molecule has 2 unspecified atom stereocenters. The molecule has 0 saturated carbocycles. The van der Waals surface area contributed by atoms with Crippen LogP contribution >= 0.6 is 0 Å². The molecular weight excluding hydrogens is 304 g/mol. The number of nitrogens with one attached hydrogen (secondary N) is 1. The largest absolute Gasteiger partial charge is 0.382 e. The van der Waals surface area contributed by atoms with Gasteiger partial charge in [-0.1, -0.05) is 18.2 Å². The van der Waals surface area contributed by atoms with Crippen LogP contribution < -0.4 is 9.50 Å². The Morgan fingerprint density at radius 2 is 1.86 bits per heavy atom. The highest BCUT2D eigenvalue weighted by molar-refractivity contribution is 7.87. The van der Waals surface area contributed by atoms with E-state index in [2.05, 4.69) is 5.32 Å². The van der Waals surface area contributed by atoms with Gasteiger partial charge in [0.2, 0.25) is 5.91 Å². The average Bonchev–Trinajstić information content (AvgIpc) is 3.19. The summed E-state index contributed by atoms with van der Waals surface area (Å²) in [7, 11) is -3.74. The van der Waals surface area contributed by atoms with Crippen LogP contribution in [-0.2, 0) is 14.9 Å². The van der Waals surface area contributed by atoms with E-state index in [0.717, 1.165) is 25.9 Å². The van der Waals surface area contributed by atoms with Crippen LogP contribution in [0, 0.1) is 0 Å². The fourth-order valence-electron chi connectivity index (χ4n) is 2.95. The van der Waals surface area contributed by atoms with Crippen LogP contribution in [0.4, 0.5) is 0 Å². The first-order valence-corrected chi connectivity index (χ1v) is 9.04. The monoisotopic (exact) mass is 324 g/mol. The SMILES string of the molecule is O=C(C1CC(S(=O)(=O)Oc2ccccc2)CN1)N1CCCC1. The van der Waals surface area contributed by atoms with E-state index in [1.54, 1.807) is 30.3 Å². The molecular formula is C15H20N2O4S. The summed E-state index contributed by atoms with van der Waals surface area (Å²) in [5.74, 6) is 0.312. The van der Waals surface area contributed by atoms with Crippen LogP contribution in [0.1, 0.15) is 19.3 Å². The molecule has 1 N–H and O–H groups in total. The highest BCUT2D eigenvalue weighted by Crippen LogP contribution is 2.22. The molecule has 2 atom stereocenters. The van der Waals surface area contributed by atoms with Crippen molar-refractivity contribution in [2.75, 3.05) is 19.6 Å². The number of nitrogens with zero attached hydrogens (tertiary/aromatic N) is 1. The quantitative estimate of drug-likeness (QED) is 0.827. The van der Waals surface area contributed by atoms with Gasteiger partial charge in [-0.3, -0.25) is 4.79 Å². The molecule has 2 heterocycles. The normalized spacial score (nSPS) is 25.4. The number of para-hydroxylation sites is 1.